The predicted octanol–water partition coefficient (Wildman–Crippen LogP) is 2.59. The van der Waals surface area contributed by atoms with Crippen LogP contribution in [0.1, 0.15) is 20.8 Å². The van der Waals surface area contributed by atoms with Crippen molar-refractivity contribution in [1.82, 2.24) is 0 Å². The molecule has 1 fully saturated rings. The van der Waals surface area contributed by atoms with Crippen molar-refractivity contribution >= 4 is 8.60 Å². The Balaban J connectivity index is 2.29. The summed E-state index contributed by atoms with van der Waals surface area (Å²) in [4.78, 5) is 0. The second-order valence-electron chi connectivity index (χ2n) is 2.42. The predicted molar refractivity (Wildman–Crippen MR) is 43.9 cm³/mol. The molecule has 0 spiro atoms. The van der Waals surface area contributed by atoms with Crippen molar-refractivity contribution in [3.8, 4) is 0 Å². The Morgan fingerprint density at radius 1 is 1.27 bits per heavy atom. The minimum absolute atomic E-state index is 0.145. The fraction of sp³-hybridized carbons (Fsp3) is 0.714. The van der Waals surface area contributed by atoms with Crippen molar-refractivity contribution in [2.75, 3.05) is 0 Å². The lowest BCUT2D eigenvalue weighted by atomic mass is 10.3. The molecule has 0 bridgehead atoms. The fourth-order valence-electron chi connectivity index (χ4n) is 0.628. The molecule has 11 heavy (non-hydrogen) atoms. The van der Waals surface area contributed by atoms with E-state index in [0.29, 0.717) is 0 Å². The summed E-state index contributed by atoms with van der Waals surface area (Å²) in [5.74, 6) is 0. The SMILES string of the molecule is CC=COP1OC(C)C(C)O1. The van der Waals surface area contributed by atoms with Crippen LogP contribution in [0.4, 0.5) is 0 Å². The molecule has 2 atom stereocenters. The highest BCUT2D eigenvalue weighted by atomic mass is 31.2. The third-order valence-electron chi connectivity index (χ3n) is 1.45. The molecule has 1 aliphatic rings. The largest absolute Gasteiger partial charge is 0.435 e. The normalized spacial score (nSPS) is 38.3. The van der Waals surface area contributed by atoms with Crippen LogP contribution in [0.5, 0.6) is 0 Å². The first-order valence-corrected chi connectivity index (χ1v) is 4.75. The van der Waals surface area contributed by atoms with Gasteiger partial charge in [-0.2, -0.15) is 0 Å². The molecule has 0 amide bonds. The van der Waals surface area contributed by atoms with Crippen molar-refractivity contribution in [3.05, 3.63) is 12.3 Å². The minimum atomic E-state index is -1.12. The van der Waals surface area contributed by atoms with Crippen LogP contribution in [-0.2, 0) is 13.6 Å². The van der Waals surface area contributed by atoms with Gasteiger partial charge in [-0.15, -0.1) is 0 Å². The van der Waals surface area contributed by atoms with E-state index in [0.717, 1.165) is 0 Å². The van der Waals surface area contributed by atoms with Gasteiger partial charge >= 0.3 is 8.60 Å². The van der Waals surface area contributed by atoms with E-state index in [1.165, 1.54) is 0 Å². The van der Waals surface area contributed by atoms with E-state index >= 15 is 0 Å². The van der Waals surface area contributed by atoms with Crippen LogP contribution in [-0.4, -0.2) is 12.2 Å². The van der Waals surface area contributed by atoms with Crippen LogP contribution in [0.25, 0.3) is 0 Å². The summed E-state index contributed by atoms with van der Waals surface area (Å²) in [6, 6.07) is 0. The van der Waals surface area contributed by atoms with Crippen LogP contribution in [0.2, 0.25) is 0 Å². The first-order valence-electron chi connectivity index (χ1n) is 3.65. The second kappa shape index (κ2) is 4.05. The number of allylic oxidation sites excluding steroid dienone is 1. The average molecular weight is 176 g/mol. The van der Waals surface area contributed by atoms with Gasteiger partial charge in [0.2, 0.25) is 0 Å². The van der Waals surface area contributed by atoms with E-state index in [1.54, 1.807) is 6.26 Å². The quantitative estimate of drug-likeness (QED) is 0.478. The lowest BCUT2D eigenvalue weighted by Crippen LogP contribution is -2.13. The lowest BCUT2D eigenvalue weighted by molar-refractivity contribution is 0.187. The third kappa shape index (κ3) is 2.44. The molecule has 1 aliphatic heterocycles. The van der Waals surface area contributed by atoms with Gasteiger partial charge < -0.3 is 4.52 Å². The van der Waals surface area contributed by atoms with Gasteiger partial charge in [0.05, 0.1) is 18.5 Å². The van der Waals surface area contributed by atoms with E-state index in [4.69, 9.17) is 13.6 Å². The Morgan fingerprint density at radius 3 is 2.27 bits per heavy atom. The molecular formula is C7H13O3P. The highest BCUT2D eigenvalue weighted by Gasteiger charge is 2.32. The molecular weight excluding hydrogens is 163 g/mol. The molecule has 64 valence electrons. The van der Waals surface area contributed by atoms with Crippen molar-refractivity contribution in [2.24, 2.45) is 0 Å². The highest BCUT2D eigenvalue weighted by Crippen LogP contribution is 2.49. The molecule has 0 saturated carbocycles. The van der Waals surface area contributed by atoms with Gasteiger partial charge in [0.25, 0.3) is 0 Å². The topological polar surface area (TPSA) is 27.7 Å². The molecule has 0 aliphatic carbocycles. The molecule has 1 heterocycles. The van der Waals surface area contributed by atoms with Crippen molar-refractivity contribution in [2.45, 2.75) is 33.0 Å². The minimum Gasteiger partial charge on any atom is -0.435 e. The van der Waals surface area contributed by atoms with Crippen LogP contribution in [0.3, 0.4) is 0 Å². The monoisotopic (exact) mass is 176 g/mol. The van der Waals surface area contributed by atoms with Gasteiger partial charge in [-0.3, -0.25) is 9.05 Å². The molecule has 3 nitrogen and oxygen atoms in total. The zero-order valence-corrected chi connectivity index (χ0v) is 7.88. The summed E-state index contributed by atoms with van der Waals surface area (Å²) in [6.07, 6.45) is 3.69. The summed E-state index contributed by atoms with van der Waals surface area (Å²) in [7, 11) is -1.12. The fourth-order valence-corrected chi connectivity index (χ4v) is 1.88. The van der Waals surface area contributed by atoms with E-state index in [2.05, 4.69) is 0 Å². The molecule has 1 rings (SSSR count). The number of rotatable bonds is 2. The maximum Gasteiger partial charge on any atom is 0.397 e. The smallest absolute Gasteiger partial charge is 0.397 e. The highest BCUT2D eigenvalue weighted by molar-refractivity contribution is 7.42. The summed E-state index contributed by atoms with van der Waals surface area (Å²) >= 11 is 0. The summed E-state index contributed by atoms with van der Waals surface area (Å²) < 4.78 is 15.8. The van der Waals surface area contributed by atoms with Crippen molar-refractivity contribution in [1.29, 1.82) is 0 Å². The molecule has 0 aromatic heterocycles. The molecule has 0 aromatic carbocycles. The van der Waals surface area contributed by atoms with E-state index < -0.39 is 8.60 Å². The van der Waals surface area contributed by atoms with Gasteiger partial charge in [-0.25, -0.2) is 0 Å². The maximum absolute atomic E-state index is 5.34. The van der Waals surface area contributed by atoms with Gasteiger partial charge in [0.15, 0.2) is 0 Å². The number of hydrogen-bond acceptors (Lipinski definition) is 3. The first-order chi connectivity index (χ1) is 5.24. The maximum atomic E-state index is 5.34. The van der Waals surface area contributed by atoms with Crippen LogP contribution in [0, 0.1) is 0 Å². The zero-order valence-electron chi connectivity index (χ0n) is 6.98. The first kappa shape index (κ1) is 8.98. The van der Waals surface area contributed by atoms with Crippen LogP contribution in [0.15, 0.2) is 12.3 Å². The number of hydrogen-bond donors (Lipinski definition) is 0. The van der Waals surface area contributed by atoms with Gasteiger partial charge in [-0.1, -0.05) is 6.08 Å². The van der Waals surface area contributed by atoms with Gasteiger partial charge in [0, 0.05) is 0 Å². The Morgan fingerprint density at radius 2 is 1.82 bits per heavy atom. The molecule has 2 unspecified atom stereocenters. The second-order valence-corrected chi connectivity index (χ2v) is 3.50. The zero-order chi connectivity index (χ0) is 8.27. The van der Waals surface area contributed by atoms with Gasteiger partial charge in [-0.05, 0) is 20.8 Å². The van der Waals surface area contributed by atoms with Crippen molar-refractivity contribution < 1.29 is 13.6 Å². The van der Waals surface area contributed by atoms with E-state index in [-0.39, 0.29) is 12.2 Å². The summed E-state index contributed by atoms with van der Waals surface area (Å²) in [5.41, 5.74) is 0. The molecule has 1 saturated heterocycles. The average Bonchev–Trinajstić information content (AvgIpc) is 2.28. The van der Waals surface area contributed by atoms with Crippen LogP contribution >= 0.6 is 8.60 Å². The Hall–Kier alpha value is -0.110. The van der Waals surface area contributed by atoms with Gasteiger partial charge in [0.1, 0.15) is 0 Å². The Bertz CT molecular complexity index is 139. The third-order valence-corrected chi connectivity index (χ3v) is 2.75. The Kier molecular flexibility index (Phi) is 3.31. The van der Waals surface area contributed by atoms with E-state index in [9.17, 15) is 0 Å². The lowest BCUT2D eigenvalue weighted by Gasteiger charge is -2.03. The molecule has 0 radical (unpaired) electrons. The van der Waals surface area contributed by atoms with E-state index in [1.807, 2.05) is 26.8 Å². The molecule has 0 N–H and O–H groups in total. The van der Waals surface area contributed by atoms with Crippen molar-refractivity contribution in [3.63, 3.8) is 0 Å². The summed E-state index contributed by atoms with van der Waals surface area (Å²) in [6.45, 7) is 5.84. The molecule has 4 heteroatoms. The summed E-state index contributed by atoms with van der Waals surface area (Å²) in [5, 5.41) is 0. The standard InChI is InChI=1S/C7H13O3P/c1-4-5-8-11-9-6(2)7(3)10-11/h4-7H,1-3H3. The van der Waals surface area contributed by atoms with Crippen LogP contribution < -0.4 is 0 Å². The molecule has 0 aromatic rings. The Labute approximate surface area is 68.3 Å².